The van der Waals surface area contributed by atoms with Crippen LogP contribution in [0.15, 0.2) is 108 Å². The molecule has 5 rings (SSSR count). The number of halogens is 1. The zero-order valence-electron chi connectivity index (χ0n) is 20.2. The summed E-state index contributed by atoms with van der Waals surface area (Å²) in [6.45, 7) is 8.18. The van der Waals surface area contributed by atoms with Crippen molar-refractivity contribution in [3.05, 3.63) is 103 Å². The van der Waals surface area contributed by atoms with Gasteiger partial charge in [-0.1, -0.05) is 81.5 Å². The molecule has 0 saturated heterocycles. The van der Waals surface area contributed by atoms with Crippen LogP contribution in [0.1, 0.15) is 34.1 Å². The third-order valence-electron chi connectivity index (χ3n) is 5.94. The Balaban J connectivity index is 0.00000133. The van der Waals surface area contributed by atoms with E-state index in [4.69, 9.17) is 0 Å². The summed E-state index contributed by atoms with van der Waals surface area (Å²) in [4.78, 5) is 2.89. The van der Waals surface area contributed by atoms with Crippen LogP contribution in [0.5, 0.6) is 0 Å². The van der Waals surface area contributed by atoms with Crippen LogP contribution in [0.2, 0.25) is 0 Å². The first-order valence-corrected chi connectivity index (χ1v) is 12.6. The molecular formula is C31H30FNS. The molecule has 3 heteroatoms. The van der Waals surface area contributed by atoms with Gasteiger partial charge in [0.25, 0.3) is 0 Å². The van der Waals surface area contributed by atoms with Crippen molar-refractivity contribution < 1.29 is 3.89 Å². The van der Waals surface area contributed by atoms with E-state index in [0.717, 1.165) is 23.5 Å². The fraction of sp³-hybridized carbons (Fsp3) is 0.161. The third-order valence-corrected chi connectivity index (χ3v) is 6.39. The standard InChI is InChI=1S/C29H24FNS.C2H6/c1-3-6-23(7-4-2)31(24-14-16-25(32-30)17-15-24)27-19-13-22-11-10-20-8-5-9-21-12-18-26(27)29(22)28(20)21;1-2/h3,5-19H,4H2,1-2H3;1-2H3/b6-3-,23-7+;. The molecule has 172 valence electrons. The number of benzene rings is 5. The molecule has 34 heavy (non-hydrogen) atoms. The molecule has 0 atom stereocenters. The highest BCUT2D eigenvalue weighted by atomic mass is 32.2. The van der Waals surface area contributed by atoms with Gasteiger partial charge in [-0.15, -0.1) is 0 Å². The second kappa shape index (κ2) is 10.8. The van der Waals surface area contributed by atoms with Crippen molar-refractivity contribution in [1.29, 1.82) is 0 Å². The average molecular weight is 468 g/mol. The van der Waals surface area contributed by atoms with Gasteiger partial charge in [-0.2, -0.15) is 3.89 Å². The Kier molecular flexibility index (Phi) is 7.54. The van der Waals surface area contributed by atoms with Gasteiger partial charge in [0.15, 0.2) is 0 Å². The van der Waals surface area contributed by atoms with E-state index in [-0.39, 0.29) is 12.1 Å². The van der Waals surface area contributed by atoms with Gasteiger partial charge in [0, 0.05) is 21.7 Å². The van der Waals surface area contributed by atoms with Crippen LogP contribution in [-0.2, 0) is 0 Å². The van der Waals surface area contributed by atoms with Crippen LogP contribution in [-0.4, -0.2) is 0 Å². The smallest absolute Gasteiger partial charge is 0.0812 e. The normalized spacial score (nSPS) is 12.0. The number of hydrogen-bond acceptors (Lipinski definition) is 2. The second-order valence-corrected chi connectivity index (χ2v) is 8.51. The fourth-order valence-corrected chi connectivity index (χ4v) is 4.84. The zero-order valence-corrected chi connectivity index (χ0v) is 21.0. The molecular weight excluding hydrogens is 437 g/mol. The van der Waals surface area contributed by atoms with Gasteiger partial charge < -0.3 is 4.90 Å². The summed E-state index contributed by atoms with van der Waals surface area (Å²) < 4.78 is 13.1. The van der Waals surface area contributed by atoms with Crippen molar-refractivity contribution >= 4 is 55.8 Å². The molecule has 0 aliphatic carbocycles. The zero-order chi connectivity index (χ0) is 24.1. The van der Waals surface area contributed by atoms with Crippen LogP contribution in [0.3, 0.4) is 0 Å². The monoisotopic (exact) mass is 467 g/mol. The lowest BCUT2D eigenvalue weighted by atomic mass is 9.93. The lowest BCUT2D eigenvalue weighted by molar-refractivity contribution is 0.934. The highest BCUT2D eigenvalue weighted by Gasteiger charge is 2.18. The molecule has 0 amide bonds. The van der Waals surface area contributed by atoms with E-state index >= 15 is 0 Å². The molecule has 0 aromatic heterocycles. The molecule has 0 spiro atoms. The molecule has 5 aromatic rings. The molecule has 0 radical (unpaired) electrons. The molecule has 5 aromatic carbocycles. The Morgan fingerprint density at radius 3 is 2.06 bits per heavy atom. The largest absolute Gasteiger partial charge is 0.310 e. The number of anilines is 2. The Bertz CT molecular complexity index is 1430. The second-order valence-electron chi connectivity index (χ2n) is 7.88. The lowest BCUT2D eigenvalue weighted by Crippen LogP contribution is -2.15. The van der Waals surface area contributed by atoms with Crippen LogP contribution >= 0.6 is 12.1 Å². The summed E-state index contributed by atoms with van der Waals surface area (Å²) in [5, 5.41) is 7.56. The Hall–Kier alpha value is -3.30. The van der Waals surface area contributed by atoms with Crippen molar-refractivity contribution in [3.63, 3.8) is 0 Å². The maximum atomic E-state index is 13.1. The van der Waals surface area contributed by atoms with Crippen LogP contribution in [0, 0.1) is 0 Å². The van der Waals surface area contributed by atoms with Crippen LogP contribution in [0.25, 0.3) is 32.3 Å². The van der Waals surface area contributed by atoms with E-state index in [1.54, 1.807) is 0 Å². The molecule has 0 aliphatic heterocycles. The highest BCUT2D eigenvalue weighted by Crippen LogP contribution is 2.42. The van der Waals surface area contributed by atoms with E-state index in [1.165, 1.54) is 32.3 Å². The summed E-state index contributed by atoms with van der Waals surface area (Å²) in [5.74, 6) is 0. The number of hydrogen-bond donors (Lipinski definition) is 0. The predicted octanol–water partition coefficient (Wildman–Crippen LogP) is 10.6. The minimum absolute atomic E-state index is 0.274. The molecule has 0 aliphatic rings. The Morgan fingerprint density at radius 1 is 0.824 bits per heavy atom. The summed E-state index contributed by atoms with van der Waals surface area (Å²) in [6.07, 6.45) is 7.35. The first kappa shape index (κ1) is 23.8. The van der Waals surface area contributed by atoms with Gasteiger partial charge in [-0.25, -0.2) is 0 Å². The molecule has 0 fully saturated rings. The van der Waals surface area contributed by atoms with Crippen molar-refractivity contribution in [3.8, 4) is 0 Å². The van der Waals surface area contributed by atoms with Crippen molar-refractivity contribution in [1.82, 2.24) is 0 Å². The number of allylic oxidation sites excluding steroid dienone is 3. The van der Waals surface area contributed by atoms with Gasteiger partial charge in [0.05, 0.1) is 17.8 Å². The van der Waals surface area contributed by atoms with Gasteiger partial charge in [-0.05, 0) is 76.7 Å². The molecule has 0 unspecified atom stereocenters. The van der Waals surface area contributed by atoms with Crippen molar-refractivity contribution in [2.45, 2.75) is 39.0 Å². The minimum atomic E-state index is 0.274. The van der Waals surface area contributed by atoms with Crippen molar-refractivity contribution in [2.75, 3.05) is 4.90 Å². The minimum Gasteiger partial charge on any atom is -0.310 e. The van der Waals surface area contributed by atoms with Gasteiger partial charge in [-0.3, -0.25) is 0 Å². The van der Waals surface area contributed by atoms with Crippen molar-refractivity contribution in [2.24, 2.45) is 0 Å². The summed E-state index contributed by atoms with van der Waals surface area (Å²) in [5.41, 5.74) is 3.23. The van der Waals surface area contributed by atoms with E-state index < -0.39 is 0 Å². The number of nitrogens with zero attached hydrogens (tertiary/aromatic N) is 1. The average Bonchev–Trinajstić information content (AvgIpc) is 2.90. The summed E-state index contributed by atoms with van der Waals surface area (Å²) in [7, 11) is 0. The SMILES string of the molecule is C/C=C\C(=C/CC)N(c1ccc(SF)cc1)c1ccc2ccc3cccc4ccc1c2c34.CC. The predicted molar refractivity (Wildman–Crippen MR) is 150 cm³/mol. The Labute approximate surface area is 206 Å². The van der Waals surface area contributed by atoms with E-state index in [0.29, 0.717) is 4.90 Å². The number of rotatable bonds is 6. The third kappa shape index (κ3) is 4.28. The van der Waals surface area contributed by atoms with Gasteiger partial charge in [0.1, 0.15) is 0 Å². The van der Waals surface area contributed by atoms with Crippen LogP contribution in [0.4, 0.5) is 15.3 Å². The lowest BCUT2D eigenvalue weighted by Gasteiger charge is -2.28. The van der Waals surface area contributed by atoms with Gasteiger partial charge in [0.2, 0.25) is 0 Å². The molecule has 0 N–H and O–H groups in total. The first-order valence-electron chi connectivity index (χ1n) is 11.9. The highest BCUT2D eigenvalue weighted by molar-refractivity contribution is 7.94. The maximum absolute atomic E-state index is 13.1. The van der Waals surface area contributed by atoms with E-state index in [2.05, 4.69) is 84.6 Å². The van der Waals surface area contributed by atoms with E-state index in [9.17, 15) is 3.89 Å². The molecule has 0 saturated carbocycles. The summed E-state index contributed by atoms with van der Waals surface area (Å²) in [6, 6.07) is 27.4. The van der Waals surface area contributed by atoms with E-state index in [1.807, 2.05) is 45.0 Å². The fourth-order valence-electron chi connectivity index (χ4n) is 4.60. The molecule has 1 nitrogen and oxygen atoms in total. The maximum Gasteiger partial charge on any atom is 0.0812 e. The van der Waals surface area contributed by atoms with Gasteiger partial charge >= 0.3 is 0 Å². The Morgan fingerprint density at radius 2 is 1.44 bits per heavy atom. The topological polar surface area (TPSA) is 3.24 Å². The summed E-state index contributed by atoms with van der Waals surface area (Å²) >= 11 is 0.274. The quantitative estimate of drug-likeness (QED) is 0.180. The molecule has 0 bridgehead atoms. The molecule has 0 heterocycles. The van der Waals surface area contributed by atoms with Crippen LogP contribution < -0.4 is 4.90 Å². The first-order chi connectivity index (χ1) is 16.7.